The van der Waals surface area contributed by atoms with Crippen LogP contribution in [0.25, 0.3) is 11.0 Å². The summed E-state index contributed by atoms with van der Waals surface area (Å²) in [6.45, 7) is 1.99. The van der Waals surface area contributed by atoms with Crippen LogP contribution in [0, 0.1) is 6.92 Å². The fraction of sp³-hybridized carbons (Fsp3) is 0.214. The van der Waals surface area contributed by atoms with Crippen molar-refractivity contribution in [2.75, 3.05) is 19.5 Å². The summed E-state index contributed by atoms with van der Waals surface area (Å²) in [5.74, 6) is 2.11. The highest BCUT2D eigenvalue weighted by atomic mass is 16.5. The van der Waals surface area contributed by atoms with Gasteiger partial charge in [0.05, 0.1) is 13.3 Å². The maximum absolute atomic E-state index is 5.89. The number of ether oxygens (including phenoxy) is 2. The number of aromatic nitrogens is 4. The first-order chi connectivity index (χ1) is 10.2. The van der Waals surface area contributed by atoms with Crippen LogP contribution in [0.5, 0.6) is 17.4 Å². The maximum atomic E-state index is 5.89. The summed E-state index contributed by atoms with van der Waals surface area (Å²) in [7, 11) is 3.35. The number of aromatic amines is 1. The Balaban J connectivity index is 2.07. The van der Waals surface area contributed by atoms with E-state index in [2.05, 4.69) is 25.5 Å². The summed E-state index contributed by atoms with van der Waals surface area (Å²) in [5, 5.41) is 10.4. The molecular formula is C14H15N5O2. The summed E-state index contributed by atoms with van der Waals surface area (Å²) in [5.41, 5.74) is 1.70. The first-order valence-electron chi connectivity index (χ1n) is 6.42. The third-order valence-corrected chi connectivity index (χ3v) is 3.02. The van der Waals surface area contributed by atoms with Crippen molar-refractivity contribution in [3.8, 4) is 17.4 Å². The van der Waals surface area contributed by atoms with Crippen LogP contribution in [-0.2, 0) is 0 Å². The van der Waals surface area contributed by atoms with Gasteiger partial charge in [0.25, 0.3) is 0 Å². The molecule has 108 valence electrons. The topological polar surface area (TPSA) is 85.0 Å². The van der Waals surface area contributed by atoms with Gasteiger partial charge in [0, 0.05) is 7.05 Å². The van der Waals surface area contributed by atoms with Gasteiger partial charge in [-0.05, 0) is 24.6 Å². The van der Waals surface area contributed by atoms with Crippen molar-refractivity contribution in [2.45, 2.75) is 6.92 Å². The second-order valence-corrected chi connectivity index (χ2v) is 4.49. The highest BCUT2D eigenvalue weighted by Crippen LogP contribution is 2.34. The molecule has 0 amide bonds. The van der Waals surface area contributed by atoms with Gasteiger partial charge >= 0.3 is 0 Å². The van der Waals surface area contributed by atoms with Gasteiger partial charge < -0.3 is 14.8 Å². The molecule has 0 saturated heterocycles. The number of nitrogens with one attached hydrogen (secondary N) is 2. The van der Waals surface area contributed by atoms with E-state index in [1.54, 1.807) is 20.4 Å². The molecule has 0 spiro atoms. The molecule has 0 fully saturated rings. The van der Waals surface area contributed by atoms with Gasteiger partial charge in [0.15, 0.2) is 17.1 Å². The van der Waals surface area contributed by atoms with Crippen molar-refractivity contribution in [1.29, 1.82) is 0 Å². The summed E-state index contributed by atoms with van der Waals surface area (Å²) >= 11 is 0. The molecule has 3 rings (SSSR count). The number of nitrogens with zero attached hydrogens (tertiary/aromatic N) is 3. The van der Waals surface area contributed by atoms with Crippen LogP contribution < -0.4 is 14.8 Å². The third-order valence-electron chi connectivity index (χ3n) is 3.02. The van der Waals surface area contributed by atoms with Crippen molar-refractivity contribution in [2.24, 2.45) is 0 Å². The standard InChI is InChI=1S/C14H15N5O2/c1-8-4-5-10(11(6-8)20-3)21-13-9-7-16-19-12(9)17-14(15-2)18-13/h4-7H,1-3H3,(H2,15,16,17,18,19). The molecule has 0 atom stereocenters. The number of fused-ring (bicyclic) bond motifs is 1. The van der Waals surface area contributed by atoms with Gasteiger partial charge in [0.1, 0.15) is 5.39 Å². The number of benzene rings is 1. The van der Waals surface area contributed by atoms with E-state index in [4.69, 9.17) is 9.47 Å². The van der Waals surface area contributed by atoms with E-state index in [9.17, 15) is 0 Å². The van der Waals surface area contributed by atoms with Gasteiger partial charge in [-0.15, -0.1) is 0 Å². The Morgan fingerprint density at radius 3 is 2.81 bits per heavy atom. The largest absolute Gasteiger partial charge is 0.493 e. The first kappa shape index (κ1) is 13.2. The molecule has 2 heterocycles. The SMILES string of the molecule is CNc1nc(Oc2ccc(C)cc2OC)c2cn[nH]c2n1. The smallest absolute Gasteiger partial charge is 0.235 e. The summed E-state index contributed by atoms with van der Waals surface area (Å²) in [6, 6.07) is 5.70. The number of aryl methyl sites for hydroxylation is 1. The predicted molar refractivity (Wildman–Crippen MR) is 79.0 cm³/mol. The van der Waals surface area contributed by atoms with Crippen LogP contribution in [0.15, 0.2) is 24.4 Å². The molecule has 1 aromatic carbocycles. The van der Waals surface area contributed by atoms with E-state index < -0.39 is 0 Å². The molecule has 0 aliphatic rings. The molecule has 0 saturated carbocycles. The molecule has 0 unspecified atom stereocenters. The lowest BCUT2D eigenvalue weighted by Crippen LogP contribution is -1.99. The second kappa shape index (κ2) is 5.28. The monoisotopic (exact) mass is 285 g/mol. The maximum Gasteiger partial charge on any atom is 0.235 e. The second-order valence-electron chi connectivity index (χ2n) is 4.49. The number of methoxy groups -OCH3 is 1. The van der Waals surface area contributed by atoms with Gasteiger partial charge in [-0.2, -0.15) is 15.1 Å². The van der Waals surface area contributed by atoms with Crippen molar-refractivity contribution in [3.05, 3.63) is 30.0 Å². The number of hydrogen-bond acceptors (Lipinski definition) is 6. The normalized spacial score (nSPS) is 10.6. The predicted octanol–water partition coefficient (Wildman–Crippen LogP) is 2.50. The zero-order valence-electron chi connectivity index (χ0n) is 12.0. The van der Waals surface area contributed by atoms with Gasteiger partial charge in [-0.3, -0.25) is 5.10 Å². The van der Waals surface area contributed by atoms with Gasteiger partial charge in [0.2, 0.25) is 11.8 Å². The Bertz CT molecular complexity index is 784. The average Bonchev–Trinajstić information content (AvgIpc) is 2.97. The lowest BCUT2D eigenvalue weighted by Gasteiger charge is -2.11. The quantitative estimate of drug-likeness (QED) is 0.766. The molecule has 2 N–H and O–H groups in total. The van der Waals surface area contributed by atoms with Crippen LogP contribution in [0.4, 0.5) is 5.95 Å². The molecule has 0 aliphatic heterocycles. The summed E-state index contributed by atoms with van der Waals surface area (Å²) < 4.78 is 11.2. The minimum absolute atomic E-state index is 0.417. The number of H-pyrrole nitrogens is 1. The molecule has 21 heavy (non-hydrogen) atoms. The molecule has 2 aromatic heterocycles. The van der Waals surface area contributed by atoms with Crippen molar-refractivity contribution >= 4 is 17.0 Å². The Labute approximate surface area is 121 Å². The fourth-order valence-corrected chi connectivity index (χ4v) is 1.96. The zero-order chi connectivity index (χ0) is 14.8. The lowest BCUT2D eigenvalue weighted by atomic mass is 10.2. The molecule has 0 bridgehead atoms. The summed E-state index contributed by atoms with van der Waals surface area (Å²) in [6.07, 6.45) is 1.63. The van der Waals surface area contributed by atoms with Crippen molar-refractivity contribution < 1.29 is 9.47 Å². The molecule has 3 aromatic rings. The van der Waals surface area contributed by atoms with E-state index in [0.29, 0.717) is 34.4 Å². The Morgan fingerprint density at radius 1 is 1.19 bits per heavy atom. The van der Waals surface area contributed by atoms with Crippen LogP contribution >= 0.6 is 0 Å². The van der Waals surface area contributed by atoms with E-state index in [1.807, 2.05) is 25.1 Å². The van der Waals surface area contributed by atoms with Crippen LogP contribution in [0.2, 0.25) is 0 Å². The molecule has 0 aliphatic carbocycles. The molecular weight excluding hydrogens is 270 g/mol. The minimum Gasteiger partial charge on any atom is -0.493 e. The van der Waals surface area contributed by atoms with E-state index in [1.165, 1.54) is 0 Å². The first-order valence-corrected chi connectivity index (χ1v) is 6.42. The molecule has 0 radical (unpaired) electrons. The summed E-state index contributed by atoms with van der Waals surface area (Å²) in [4.78, 5) is 8.59. The highest BCUT2D eigenvalue weighted by Gasteiger charge is 2.13. The number of anilines is 1. The van der Waals surface area contributed by atoms with Gasteiger partial charge in [-0.25, -0.2) is 0 Å². The number of rotatable bonds is 4. The Kier molecular flexibility index (Phi) is 3.31. The van der Waals surface area contributed by atoms with Gasteiger partial charge in [-0.1, -0.05) is 6.07 Å². The van der Waals surface area contributed by atoms with Crippen LogP contribution in [-0.4, -0.2) is 34.3 Å². The van der Waals surface area contributed by atoms with Crippen LogP contribution in [0.3, 0.4) is 0 Å². The fourth-order valence-electron chi connectivity index (χ4n) is 1.96. The zero-order valence-corrected chi connectivity index (χ0v) is 12.0. The van der Waals surface area contributed by atoms with E-state index in [0.717, 1.165) is 5.56 Å². The minimum atomic E-state index is 0.417. The highest BCUT2D eigenvalue weighted by molar-refractivity contribution is 5.81. The number of hydrogen-bond donors (Lipinski definition) is 2. The van der Waals surface area contributed by atoms with Crippen LogP contribution in [0.1, 0.15) is 5.56 Å². The van der Waals surface area contributed by atoms with Crippen molar-refractivity contribution in [1.82, 2.24) is 20.2 Å². The van der Waals surface area contributed by atoms with E-state index >= 15 is 0 Å². The van der Waals surface area contributed by atoms with Crippen molar-refractivity contribution in [3.63, 3.8) is 0 Å². The lowest BCUT2D eigenvalue weighted by molar-refractivity contribution is 0.375. The molecule has 7 heteroatoms. The third kappa shape index (κ3) is 2.45. The molecule has 7 nitrogen and oxygen atoms in total. The Morgan fingerprint density at radius 2 is 2.05 bits per heavy atom. The van der Waals surface area contributed by atoms with E-state index in [-0.39, 0.29) is 0 Å². The Hall–Kier alpha value is -2.83. The average molecular weight is 285 g/mol.